The maximum absolute atomic E-state index is 12.3. The Morgan fingerprint density at radius 2 is 1.89 bits per heavy atom. The Kier molecular flexibility index (Phi) is 5.54. The second-order valence-electron chi connectivity index (χ2n) is 6.28. The van der Waals surface area contributed by atoms with Gasteiger partial charge in [0.1, 0.15) is 5.75 Å². The fourth-order valence-electron chi connectivity index (χ4n) is 2.91. The van der Waals surface area contributed by atoms with Crippen molar-refractivity contribution in [3.05, 3.63) is 48.0 Å². The van der Waals surface area contributed by atoms with E-state index in [1.807, 2.05) is 6.07 Å². The largest absolute Gasteiger partial charge is 0.493 e. The van der Waals surface area contributed by atoms with Crippen LogP contribution in [-0.4, -0.2) is 39.2 Å². The fourth-order valence-corrected chi connectivity index (χ4v) is 2.91. The van der Waals surface area contributed by atoms with Crippen LogP contribution < -0.4 is 24.4 Å². The van der Waals surface area contributed by atoms with Crippen molar-refractivity contribution in [2.24, 2.45) is 0 Å². The number of hydrogen-bond acceptors (Lipinski definition) is 5. The summed E-state index contributed by atoms with van der Waals surface area (Å²) in [7, 11) is 4.82. The minimum absolute atomic E-state index is 0.109. The van der Waals surface area contributed by atoms with Gasteiger partial charge in [0.05, 0.1) is 19.9 Å². The Bertz CT molecular complexity index is 938. The third-order valence-electron chi connectivity index (χ3n) is 4.41. The lowest BCUT2D eigenvalue weighted by Gasteiger charge is -2.30. The lowest BCUT2D eigenvalue weighted by molar-refractivity contribution is -0.125. The minimum atomic E-state index is -0.562. The van der Waals surface area contributed by atoms with Crippen LogP contribution in [0.3, 0.4) is 0 Å². The smallest absolute Gasteiger partial charge is 0.267 e. The van der Waals surface area contributed by atoms with Gasteiger partial charge in [0.15, 0.2) is 17.6 Å². The summed E-state index contributed by atoms with van der Waals surface area (Å²) in [6, 6.07) is 10.6. The highest BCUT2D eigenvalue weighted by molar-refractivity contribution is 6.03. The maximum Gasteiger partial charge on any atom is 0.267 e. The number of rotatable bonds is 5. The highest BCUT2D eigenvalue weighted by atomic mass is 16.5. The summed E-state index contributed by atoms with van der Waals surface area (Å²) in [4.78, 5) is 25.8. The summed E-state index contributed by atoms with van der Waals surface area (Å²) in [6.07, 6.45) is 2.55. The van der Waals surface area contributed by atoms with E-state index in [-0.39, 0.29) is 11.8 Å². The molecule has 1 aliphatic rings. The molecule has 0 radical (unpaired) electrons. The van der Waals surface area contributed by atoms with Crippen LogP contribution >= 0.6 is 0 Å². The van der Waals surface area contributed by atoms with Crippen LogP contribution in [0.25, 0.3) is 6.08 Å². The average molecular weight is 382 g/mol. The highest BCUT2D eigenvalue weighted by Crippen LogP contribution is 2.35. The molecule has 0 fully saturated rings. The minimum Gasteiger partial charge on any atom is -0.493 e. The zero-order valence-corrected chi connectivity index (χ0v) is 16.2. The standard InChI is InChI=1S/C21H22N2O5/c1-13-21(25)23(2)16-8-7-15(12-18(16)28-13)22-20(24)10-6-14-5-9-17(26-3)19(11-14)27-4/h5-13H,1-4H3,(H,22,24)/b10-6+. The van der Waals surface area contributed by atoms with E-state index in [0.29, 0.717) is 28.6 Å². The van der Waals surface area contributed by atoms with Gasteiger partial charge in [-0.3, -0.25) is 9.59 Å². The number of amides is 2. The molecule has 0 saturated heterocycles. The first kappa shape index (κ1) is 19.3. The van der Waals surface area contributed by atoms with Crippen molar-refractivity contribution >= 4 is 29.3 Å². The number of nitrogens with one attached hydrogen (secondary N) is 1. The van der Waals surface area contributed by atoms with Gasteiger partial charge in [-0.15, -0.1) is 0 Å². The molecule has 7 heteroatoms. The molecule has 1 heterocycles. The second kappa shape index (κ2) is 8.04. The molecule has 0 aliphatic carbocycles. The molecule has 1 atom stereocenters. The predicted molar refractivity (Wildman–Crippen MR) is 107 cm³/mol. The molecule has 0 aromatic heterocycles. The number of hydrogen-bond donors (Lipinski definition) is 1. The van der Waals surface area contributed by atoms with E-state index in [9.17, 15) is 9.59 Å². The number of fused-ring (bicyclic) bond motifs is 1. The first-order valence-electron chi connectivity index (χ1n) is 8.72. The van der Waals surface area contributed by atoms with Crippen LogP contribution in [0.5, 0.6) is 17.2 Å². The van der Waals surface area contributed by atoms with Crippen molar-refractivity contribution in [2.75, 3.05) is 31.5 Å². The molecule has 3 rings (SSSR count). The molecule has 146 valence electrons. The number of anilines is 2. The molecule has 1 N–H and O–H groups in total. The Morgan fingerprint density at radius 3 is 2.61 bits per heavy atom. The predicted octanol–water partition coefficient (Wildman–Crippen LogP) is 3.10. The normalized spacial score (nSPS) is 15.8. The zero-order chi connectivity index (χ0) is 20.3. The van der Waals surface area contributed by atoms with Crippen molar-refractivity contribution in [2.45, 2.75) is 13.0 Å². The molecule has 0 saturated carbocycles. The Hall–Kier alpha value is -3.48. The lowest BCUT2D eigenvalue weighted by atomic mass is 10.1. The molecule has 7 nitrogen and oxygen atoms in total. The summed E-state index contributed by atoms with van der Waals surface area (Å²) >= 11 is 0. The van der Waals surface area contributed by atoms with Gasteiger partial charge in [-0.05, 0) is 42.8 Å². The molecule has 1 aliphatic heterocycles. The molecule has 0 bridgehead atoms. The molecular weight excluding hydrogens is 360 g/mol. The van der Waals surface area contributed by atoms with E-state index < -0.39 is 6.10 Å². The quantitative estimate of drug-likeness (QED) is 0.804. The van der Waals surface area contributed by atoms with Gasteiger partial charge < -0.3 is 24.4 Å². The number of likely N-dealkylation sites (N-methyl/N-ethyl adjacent to an activating group) is 1. The number of ether oxygens (including phenoxy) is 3. The monoisotopic (exact) mass is 382 g/mol. The van der Waals surface area contributed by atoms with Gasteiger partial charge in [-0.25, -0.2) is 0 Å². The first-order valence-corrected chi connectivity index (χ1v) is 8.72. The van der Waals surface area contributed by atoms with Gasteiger partial charge in [0.25, 0.3) is 5.91 Å². The van der Waals surface area contributed by atoms with E-state index in [1.54, 1.807) is 69.5 Å². The van der Waals surface area contributed by atoms with Crippen LogP contribution in [0.1, 0.15) is 12.5 Å². The second-order valence-corrected chi connectivity index (χ2v) is 6.28. The topological polar surface area (TPSA) is 77.1 Å². The number of methoxy groups -OCH3 is 2. The van der Waals surface area contributed by atoms with Crippen LogP contribution in [0, 0.1) is 0 Å². The number of carbonyl (C=O) groups is 2. The number of benzene rings is 2. The fraction of sp³-hybridized carbons (Fsp3) is 0.238. The molecule has 2 aromatic rings. The summed E-state index contributed by atoms with van der Waals surface area (Å²) in [5, 5.41) is 2.79. The number of carbonyl (C=O) groups excluding carboxylic acids is 2. The average Bonchev–Trinajstić information content (AvgIpc) is 2.70. The highest BCUT2D eigenvalue weighted by Gasteiger charge is 2.28. The molecule has 28 heavy (non-hydrogen) atoms. The van der Waals surface area contributed by atoms with Crippen molar-refractivity contribution in [1.82, 2.24) is 0 Å². The van der Waals surface area contributed by atoms with Gasteiger partial charge in [0.2, 0.25) is 5.91 Å². The Labute approximate surface area is 163 Å². The van der Waals surface area contributed by atoms with Crippen LogP contribution in [0.2, 0.25) is 0 Å². The van der Waals surface area contributed by atoms with E-state index in [1.165, 1.54) is 6.08 Å². The third kappa shape index (κ3) is 3.93. The summed E-state index contributed by atoms with van der Waals surface area (Å²) in [5.41, 5.74) is 2.05. The maximum atomic E-state index is 12.3. The van der Waals surface area contributed by atoms with E-state index >= 15 is 0 Å². The Morgan fingerprint density at radius 1 is 1.14 bits per heavy atom. The van der Waals surface area contributed by atoms with Crippen molar-refractivity contribution in [1.29, 1.82) is 0 Å². The van der Waals surface area contributed by atoms with E-state index in [4.69, 9.17) is 14.2 Å². The van der Waals surface area contributed by atoms with Crippen LogP contribution in [0.4, 0.5) is 11.4 Å². The van der Waals surface area contributed by atoms with E-state index in [2.05, 4.69) is 5.32 Å². The lowest BCUT2D eigenvalue weighted by Crippen LogP contribution is -2.41. The van der Waals surface area contributed by atoms with Gasteiger partial charge in [-0.2, -0.15) is 0 Å². The third-order valence-corrected chi connectivity index (χ3v) is 4.41. The van der Waals surface area contributed by atoms with Gasteiger partial charge >= 0.3 is 0 Å². The summed E-state index contributed by atoms with van der Waals surface area (Å²) in [5.74, 6) is 1.36. The molecular formula is C21H22N2O5. The van der Waals surface area contributed by atoms with Gasteiger partial charge in [0, 0.05) is 24.9 Å². The van der Waals surface area contributed by atoms with E-state index in [0.717, 1.165) is 5.56 Å². The summed E-state index contributed by atoms with van der Waals surface area (Å²) in [6.45, 7) is 1.69. The molecule has 0 spiro atoms. The summed E-state index contributed by atoms with van der Waals surface area (Å²) < 4.78 is 16.1. The Balaban J connectivity index is 1.71. The van der Waals surface area contributed by atoms with Crippen LogP contribution in [0.15, 0.2) is 42.5 Å². The van der Waals surface area contributed by atoms with Crippen molar-refractivity contribution in [3.8, 4) is 17.2 Å². The van der Waals surface area contributed by atoms with Crippen LogP contribution in [-0.2, 0) is 9.59 Å². The molecule has 1 unspecified atom stereocenters. The first-order chi connectivity index (χ1) is 13.4. The number of nitrogens with zero attached hydrogens (tertiary/aromatic N) is 1. The van der Waals surface area contributed by atoms with Gasteiger partial charge in [-0.1, -0.05) is 6.07 Å². The van der Waals surface area contributed by atoms with Crippen molar-refractivity contribution < 1.29 is 23.8 Å². The molecule has 2 aromatic carbocycles. The van der Waals surface area contributed by atoms with Crippen molar-refractivity contribution in [3.63, 3.8) is 0 Å². The zero-order valence-electron chi connectivity index (χ0n) is 16.2. The molecule has 2 amide bonds. The SMILES string of the molecule is COc1ccc(/C=C/C(=O)Nc2ccc3c(c2)OC(C)C(=O)N3C)cc1OC.